The number of aliphatic hydroxyl groups excluding tert-OH is 1. The predicted molar refractivity (Wildman–Crippen MR) is 66.9 cm³/mol. The number of nitrogens with zero attached hydrogens (tertiary/aromatic N) is 1. The highest BCUT2D eigenvalue weighted by Gasteiger charge is 2.31. The zero-order chi connectivity index (χ0) is 13.0. The van der Waals surface area contributed by atoms with Gasteiger partial charge in [-0.25, -0.2) is 4.79 Å². The monoisotopic (exact) mass is 251 g/mol. The van der Waals surface area contributed by atoms with Gasteiger partial charge in [-0.15, -0.1) is 0 Å². The van der Waals surface area contributed by atoms with Gasteiger partial charge in [-0.2, -0.15) is 0 Å². The summed E-state index contributed by atoms with van der Waals surface area (Å²) in [5, 5.41) is 8.84. The molecular weight excluding hydrogens is 234 g/mol. The molecule has 1 aliphatic rings. The molecule has 1 aliphatic heterocycles. The summed E-state index contributed by atoms with van der Waals surface area (Å²) in [4.78, 5) is 13.2. The molecule has 1 aromatic rings. The van der Waals surface area contributed by atoms with E-state index >= 15 is 0 Å². The Morgan fingerprint density at radius 3 is 2.78 bits per heavy atom. The van der Waals surface area contributed by atoms with Gasteiger partial charge in [0.2, 0.25) is 0 Å². The van der Waals surface area contributed by atoms with E-state index in [9.17, 15) is 4.79 Å². The Hall–Kier alpha value is -1.75. The molecule has 1 fully saturated rings. The SMILES string of the molecule is CCOc1ccc(N2CC(CCO)OC2=O)cc1. The lowest BCUT2D eigenvalue weighted by Crippen LogP contribution is -2.24. The van der Waals surface area contributed by atoms with Crippen molar-refractivity contribution in [1.29, 1.82) is 0 Å². The fourth-order valence-corrected chi connectivity index (χ4v) is 1.92. The van der Waals surface area contributed by atoms with Crippen LogP contribution in [0.25, 0.3) is 0 Å². The minimum Gasteiger partial charge on any atom is -0.494 e. The van der Waals surface area contributed by atoms with Crippen LogP contribution in [-0.4, -0.2) is 37.1 Å². The van der Waals surface area contributed by atoms with E-state index in [1.165, 1.54) is 0 Å². The van der Waals surface area contributed by atoms with E-state index in [0.29, 0.717) is 19.6 Å². The normalized spacial score (nSPS) is 18.9. The summed E-state index contributed by atoms with van der Waals surface area (Å²) in [5.41, 5.74) is 0.781. The van der Waals surface area contributed by atoms with Crippen molar-refractivity contribution in [3.63, 3.8) is 0 Å². The number of benzene rings is 1. The van der Waals surface area contributed by atoms with Crippen LogP contribution in [0, 0.1) is 0 Å². The number of hydrogen-bond acceptors (Lipinski definition) is 4. The van der Waals surface area contributed by atoms with Crippen molar-refractivity contribution in [2.75, 3.05) is 24.7 Å². The van der Waals surface area contributed by atoms with Crippen LogP contribution in [-0.2, 0) is 4.74 Å². The molecule has 98 valence electrons. The summed E-state index contributed by atoms with van der Waals surface area (Å²) in [7, 11) is 0. The van der Waals surface area contributed by atoms with Crippen molar-refractivity contribution in [3.05, 3.63) is 24.3 Å². The second kappa shape index (κ2) is 5.73. The number of hydrogen-bond donors (Lipinski definition) is 1. The number of ether oxygens (including phenoxy) is 2. The fourth-order valence-electron chi connectivity index (χ4n) is 1.92. The molecule has 5 nitrogen and oxygen atoms in total. The molecule has 2 rings (SSSR count). The first-order valence-electron chi connectivity index (χ1n) is 6.06. The third kappa shape index (κ3) is 2.73. The molecule has 18 heavy (non-hydrogen) atoms. The lowest BCUT2D eigenvalue weighted by molar-refractivity contribution is 0.122. The Bertz CT molecular complexity index is 404. The molecule has 5 heteroatoms. The van der Waals surface area contributed by atoms with Crippen molar-refractivity contribution < 1.29 is 19.4 Å². The molecule has 1 heterocycles. The van der Waals surface area contributed by atoms with Gasteiger partial charge in [-0.05, 0) is 31.2 Å². The first-order chi connectivity index (χ1) is 8.74. The average Bonchev–Trinajstić information content (AvgIpc) is 2.72. The second-order valence-corrected chi connectivity index (χ2v) is 4.06. The summed E-state index contributed by atoms with van der Waals surface area (Å²) in [5.74, 6) is 0.778. The van der Waals surface area contributed by atoms with Crippen molar-refractivity contribution in [2.24, 2.45) is 0 Å². The number of rotatable bonds is 5. The van der Waals surface area contributed by atoms with Gasteiger partial charge < -0.3 is 14.6 Å². The smallest absolute Gasteiger partial charge is 0.414 e. The van der Waals surface area contributed by atoms with Gasteiger partial charge in [0, 0.05) is 18.7 Å². The molecule has 1 saturated heterocycles. The van der Waals surface area contributed by atoms with E-state index < -0.39 is 0 Å². The molecular formula is C13H17NO4. The largest absolute Gasteiger partial charge is 0.494 e. The zero-order valence-corrected chi connectivity index (χ0v) is 10.3. The van der Waals surface area contributed by atoms with Crippen LogP contribution >= 0.6 is 0 Å². The highest BCUT2D eigenvalue weighted by atomic mass is 16.6. The lowest BCUT2D eigenvalue weighted by atomic mass is 10.2. The summed E-state index contributed by atoms with van der Waals surface area (Å²) in [6, 6.07) is 7.30. The van der Waals surface area contributed by atoms with Gasteiger partial charge in [0.05, 0.1) is 13.2 Å². The van der Waals surface area contributed by atoms with Crippen LogP contribution in [0.5, 0.6) is 5.75 Å². The summed E-state index contributed by atoms with van der Waals surface area (Å²) in [6.45, 7) is 3.04. The van der Waals surface area contributed by atoms with E-state index in [1.807, 2.05) is 31.2 Å². The number of carbonyl (C=O) groups excluding carboxylic acids is 1. The van der Waals surface area contributed by atoms with Crippen LogP contribution in [0.4, 0.5) is 10.5 Å². The van der Waals surface area contributed by atoms with E-state index in [0.717, 1.165) is 11.4 Å². The zero-order valence-electron chi connectivity index (χ0n) is 10.3. The number of anilines is 1. The van der Waals surface area contributed by atoms with Gasteiger partial charge in [0.25, 0.3) is 0 Å². The van der Waals surface area contributed by atoms with Crippen LogP contribution in [0.3, 0.4) is 0 Å². The van der Waals surface area contributed by atoms with Crippen molar-refractivity contribution in [2.45, 2.75) is 19.4 Å². The van der Waals surface area contributed by atoms with Crippen molar-refractivity contribution in [1.82, 2.24) is 0 Å². The van der Waals surface area contributed by atoms with Gasteiger partial charge in [-0.1, -0.05) is 0 Å². The maximum absolute atomic E-state index is 11.7. The Morgan fingerprint density at radius 2 is 2.17 bits per heavy atom. The first-order valence-corrected chi connectivity index (χ1v) is 6.06. The van der Waals surface area contributed by atoms with E-state index in [4.69, 9.17) is 14.6 Å². The Balaban J connectivity index is 2.05. The molecule has 0 bridgehead atoms. The minimum absolute atomic E-state index is 0.0229. The molecule has 0 spiro atoms. The standard InChI is InChI=1S/C13H17NO4/c1-2-17-11-5-3-10(4-6-11)14-9-12(7-8-15)18-13(14)16/h3-6,12,15H,2,7-9H2,1H3. The fraction of sp³-hybridized carbons (Fsp3) is 0.462. The second-order valence-electron chi connectivity index (χ2n) is 4.06. The maximum Gasteiger partial charge on any atom is 0.414 e. The molecule has 0 aromatic heterocycles. The van der Waals surface area contributed by atoms with Gasteiger partial charge >= 0.3 is 6.09 Å². The minimum atomic E-state index is -0.363. The Kier molecular flexibility index (Phi) is 4.04. The van der Waals surface area contributed by atoms with Gasteiger partial charge in [0.1, 0.15) is 11.9 Å². The topological polar surface area (TPSA) is 59.0 Å². The number of aliphatic hydroxyl groups is 1. The molecule has 1 atom stereocenters. The number of cyclic esters (lactones) is 1. The quantitative estimate of drug-likeness (QED) is 0.866. The summed E-state index contributed by atoms with van der Waals surface area (Å²) >= 11 is 0. The molecule has 1 aromatic carbocycles. The van der Waals surface area contributed by atoms with E-state index in [1.54, 1.807) is 4.90 Å². The average molecular weight is 251 g/mol. The number of carbonyl (C=O) groups is 1. The van der Waals surface area contributed by atoms with Gasteiger partial charge in [-0.3, -0.25) is 4.90 Å². The molecule has 1 unspecified atom stereocenters. The first kappa shape index (κ1) is 12.7. The Morgan fingerprint density at radius 1 is 1.44 bits per heavy atom. The van der Waals surface area contributed by atoms with Crippen LogP contribution in [0.2, 0.25) is 0 Å². The van der Waals surface area contributed by atoms with Crippen molar-refractivity contribution in [3.8, 4) is 5.75 Å². The van der Waals surface area contributed by atoms with Crippen LogP contribution in [0.15, 0.2) is 24.3 Å². The maximum atomic E-state index is 11.7. The van der Waals surface area contributed by atoms with Gasteiger partial charge in [0.15, 0.2) is 0 Å². The van der Waals surface area contributed by atoms with Crippen LogP contribution in [0.1, 0.15) is 13.3 Å². The molecule has 1 N–H and O–H groups in total. The molecule has 0 radical (unpaired) electrons. The summed E-state index contributed by atoms with van der Waals surface area (Å²) in [6.07, 6.45) is -0.120. The molecule has 0 aliphatic carbocycles. The predicted octanol–water partition coefficient (Wildman–Crippen LogP) is 1.79. The summed E-state index contributed by atoms with van der Waals surface area (Å²) < 4.78 is 10.5. The third-order valence-electron chi connectivity index (χ3n) is 2.78. The molecule has 1 amide bonds. The third-order valence-corrected chi connectivity index (χ3v) is 2.78. The highest BCUT2D eigenvalue weighted by molar-refractivity contribution is 5.89. The molecule has 0 saturated carbocycles. The van der Waals surface area contributed by atoms with Crippen molar-refractivity contribution >= 4 is 11.8 Å². The highest BCUT2D eigenvalue weighted by Crippen LogP contribution is 2.24. The van der Waals surface area contributed by atoms with E-state index in [-0.39, 0.29) is 18.8 Å². The van der Waals surface area contributed by atoms with Crippen LogP contribution < -0.4 is 9.64 Å². The lowest BCUT2D eigenvalue weighted by Gasteiger charge is -2.13. The van der Waals surface area contributed by atoms with E-state index in [2.05, 4.69) is 0 Å². The number of amides is 1. The Labute approximate surface area is 106 Å².